The molecule has 0 saturated carbocycles. The minimum atomic E-state index is -2.60. The number of unbranched alkanes of at least 4 members (excludes halogenated alkanes) is 2. The van der Waals surface area contributed by atoms with Crippen LogP contribution in [0.5, 0.6) is 0 Å². The van der Waals surface area contributed by atoms with Gasteiger partial charge in [0.2, 0.25) is 0 Å². The summed E-state index contributed by atoms with van der Waals surface area (Å²) < 4.78 is 56.9. The van der Waals surface area contributed by atoms with Gasteiger partial charge in [-0.15, -0.1) is 21.2 Å². The lowest BCUT2D eigenvalue weighted by Gasteiger charge is -2.09. The molecule has 9 heteroatoms. The third-order valence-electron chi connectivity index (χ3n) is 4.42. The van der Waals surface area contributed by atoms with Crippen molar-refractivity contribution < 1.29 is 27.2 Å². The van der Waals surface area contributed by atoms with Crippen LogP contribution in [0.2, 0.25) is 0 Å². The second-order valence-electron chi connectivity index (χ2n) is 6.73. The molecule has 1 unspecified atom stereocenters. The molecule has 0 saturated heterocycles. The number of nitrogens with one attached hydrogen (secondary N) is 1. The van der Waals surface area contributed by atoms with Crippen LogP contribution in [0.3, 0.4) is 0 Å². The Labute approximate surface area is 180 Å². The van der Waals surface area contributed by atoms with E-state index >= 15 is 0 Å². The van der Waals surface area contributed by atoms with E-state index in [1.807, 2.05) is 6.07 Å². The highest BCUT2D eigenvalue weighted by Gasteiger charge is 2.12. The van der Waals surface area contributed by atoms with E-state index in [2.05, 4.69) is 9.84 Å². The molecular formula is C21H26F3NO3PS+. The van der Waals surface area contributed by atoms with Crippen LogP contribution in [0, 0.1) is 17.5 Å². The SMILES string of the molecule is O=[P+](O)OCCCNCc1cc(F)c(SCCCCCc2ccccc2F)cc1F. The molecule has 0 aliphatic heterocycles. The molecule has 0 aliphatic rings. The van der Waals surface area contributed by atoms with E-state index in [0.29, 0.717) is 30.7 Å². The molecule has 0 radical (unpaired) electrons. The van der Waals surface area contributed by atoms with E-state index in [4.69, 9.17) is 4.89 Å². The van der Waals surface area contributed by atoms with Crippen molar-refractivity contribution in [3.05, 3.63) is 65.0 Å². The maximum absolute atomic E-state index is 14.3. The van der Waals surface area contributed by atoms with Crippen LogP contribution in [-0.2, 0) is 22.1 Å². The third kappa shape index (κ3) is 9.14. The Kier molecular flexibility index (Phi) is 11.4. The Morgan fingerprint density at radius 3 is 2.53 bits per heavy atom. The molecule has 0 spiro atoms. The lowest BCUT2D eigenvalue weighted by molar-refractivity contribution is 0.276. The van der Waals surface area contributed by atoms with Crippen LogP contribution >= 0.6 is 20.0 Å². The van der Waals surface area contributed by atoms with Gasteiger partial charge in [0, 0.05) is 21.6 Å². The summed E-state index contributed by atoms with van der Waals surface area (Å²) >= 11 is 1.28. The highest BCUT2D eigenvalue weighted by molar-refractivity contribution is 7.99. The normalized spacial score (nSPS) is 11.7. The molecule has 4 nitrogen and oxygen atoms in total. The molecule has 2 N–H and O–H groups in total. The van der Waals surface area contributed by atoms with Crippen LogP contribution in [0.15, 0.2) is 41.3 Å². The fourth-order valence-electron chi connectivity index (χ4n) is 2.86. The second-order valence-corrected chi connectivity index (χ2v) is 8.60. The molecule has 0 aromatic heterocycles. The lowest BCUT2D eigenvalue weighted by Crippen LogP contribution is -2.17. The highest BCUT2D eigenvalue weighted by atomic mass is 32.2. The van der Waals surface area contributed by atoms with E-state index in [-0.39, 0.29) is 29.4 Å². The van der Waals surface area contributed by atoms with Crippen molar-refractivity contribution in [3.63, 3.8) is 0 Å². The van der Waals surface area contributed by atoms with Gasteiger partial charge in [-0.1, -0.05) is 24.6 Å². The summed E-state index contributed by atoms with van der Waals surface area (Å²) in [4.78, 5) is 8.78. The zero-order valence-electron chi connectivity index (χ0n) is 16.6. The first kappa shape index (κ1) is 24.8. The van der Waals surface area contributed by atoms with Crippen LogP contribution < -0.4 is 5.32 Å². The molecular weight excluding hydrogens is 434 g/mol. The van der Waals surface area contributed by atoms with Crippen LogP contribution in [0.4, 0.5) is 13.2 Å². The summed E-state index contributed by atoms with van der Waals surface area (Å²) in [7, 11) is -2.60. The summed E-state index contributed by atoms with van der Waals surface area (Å²) in [5.41, 5.74) is 0.940. The summed E-state index contributed by atoms with van der Waals surface area (Å²) in [5.74, 6) is -0.446. The van der Waals surface area contributed by atoms with Gasteiger partial charge in [0.05, 0.1) is 0 Å². The Balaban J connectivity index is 1.66. The fraction of sp³-hybridized carbons (Fsp3) is 0.429. The van der Waals surface area contributed by atoms with E-state index in [1.165, 1.54) is 30.0 Å². The topological polar surface area (TPSA) is 58.6 Å². The molecule has 0 amide bonds. The van der Waals surface area contributed by atoms with Crippen LogP contribution in [0.1, 0.15) is 36.8 Å². The van der Waals surface area contributed by atoms with Crippen molar-refractivity contribution in [1.82, 2.24) is 5.32 Å². The van der Waals surface area contributed by atoms with Crippen molar-refractivity contribution in [1.29, 1.82) is 0 Å². The average Bonchev–Trinajstić information content (AvgIpc) is 2.71. The zero-order valence-corrected chi connectivity index (χ0v) is 18.3. The first-order valence-corrected chi connectivity index (χ1v) is 11.9. The third-order valence-corrected chi connectivity index (χ3v) is 5.94. The van der Waals surface area contributed by atoms with Gasteiger partial charge in [0.1, 0.15) is 24.1 Å². The van der Waals surface area contributed by atoms with Gasteiger partial charge in [-0.05, 0) is 61.7 Å². The Bertz CT molecular complexity index is 826. The van der Waals surface area contributed by atoms with Crippen molar-refractivity contribution in [3.8, 4) is 0 Å². The summed E-state index contributed by atoms with van der Waals surface area (Å²) in [6.45, 7) is 0.730. The number of thioether (sulfide) groups is 1. The number of halogens is 3. The number of aryl methyl sites for hydroxylation is 1. The minimum absolute atomic E-state index is 0.116. The number of hydrogen-bond donors (Lipinski definition) is 2. The molecule has 2 aromatic rings. The Morgan fingerprint density at radius 2 is 1.77 bits per heavy atom. The van der Waals surface area contributed by atoms with Gasteiger partial charge >= 0.3 is 8.25 Å². The summed E-state index contributed by atoms with van der Waals surface area (Å²) in [6.07, 6.45) is 3.73. The van der Waals surface area contributed by atoms with E-state index < -0.39 is 19.9 Å². The molecule has 0 aliphatic carbocycles. The maximum Gasteiger partial charge on any atom is 0.694 e. The van der Waals surface area contributed by atoms with E-state index in [0.717, 1.165) is 19.3 Å². The smallest absolute Gasteiger partial charge is 0.312 e. The van der Waals surface area contributed by atoms with E-state index in [1.54, 1.807) is 12.1 Å². The second kappa shape index (κ2) is 13.8. The first-order valence-electron chi connectivity index (χ1n) is 9.81. The number of hydrogen-bond acceptors (Lipinski definition) is 4. The predicted molar refractivity (Wildman–Crippen MR) is 113 cm³/mol. The van der Waals surface area contributed by atoms with Gasteiger partial charge in [0.25, 0.3) is 0 Å². The first-order chi connectivity index (χ1) is 14.5. The molecule has 2 rings (SSSR count). The van der Waals surface area contributed by atoms with Crippen molar-refractivity contribution >= 4 is 20.0 Å². The van der Waals surface area contributed by atoms with Gasteiger partial charge in [0.15, 0.2) is 0 Å². The zero-order chi connectivity index (χ0) is 21.8. The predicted octanol–water partition coefficient (Wildman–Crippen LogP) is 5.76. The Hall–Kier alpha value is -1.44. The standard InChI is InChI=1S/C21H25F3NO3PS/c22-18-9-4-3-8-16(18)7-2-1-5-12-30-21-14-19(23)17(13-20(21)24)15-25-10-6-11-28-29(26)27/h3-4,8-9,13-14,25H,1-2,5-7,10-12,15H2/p+1. The fourth-order valence-corrected chi connectivity index (χ4v) is 4.09. The highest BCUT2D eigenvalue weighted by Crippen LogP contribution is 2.26. The van der Waals surface area contributed by atoms with Gasteiger partial charge in [-0.2, -0.15) is 0 Å². The molecule has 0 bridgehead atoms. The van der Waals surface area contributed by atoms with Gasteiger partial charge in [-0.3, -0.25) is 0 Å². The monoisotopic (exact) mass is 460 g/mol. The minimum Gasteiger partial charge on any atom is -0.312 e. The van der Waals surface area contributed by atoms with Crippen molar-refractivity contribution in [2.75, 3.05) is 18.9 Å². The number of rotatable bonds is 14. The van der Waals surface area contributed by atoms with E-state index in [9.17, 15) is 17.7 Å². The molecule has 0 fully saturated rings. The van der Waals surface area contributed by atoms with Crippen LogP contribution in [0.25, 0.3) is 0 Å². The lowest BCUT2D eigenvalue weighted by atomic mass is 10.1. The summed E-state index contributed by atoms with van der Waals surface area (Å²) in [5, 5.41) is 2.95. The molecule has 164 valence electrons. The maximum atomic E-state index is 14.3. The van der Waals surface area contributed by atoms with Gasteiger partial charge < -0.3 is 5.32 Å². The largest absolute Gasteiger partial charge is 0.694 e. The molecule has 1 atom stereocenters. The van der Waals surface area contributed by atoms with Crippen molar-refractivity contribution in [2.24, 2.45) is 0 Å². The number of benzene rings is 2. The van der Waals surface area contributed by atoms with Gasteiger partial charge in [-0.25, -0.2) is 13.2 Å². The van der Waals surface area contributed by atoms with Crippen molar-refractivity contribution in [2.45, 2.75) is 43.5 Å². The molecule has 2 aromatic carbocycles. The van der Waals surface area contributed by atoms with Crippen LogP contribution in [-0.4, -0.2) is 23.8 Å². The quantitative estimate of drug-likeness (QED) is 0.213. The molecule has 0 heterocycles. The average molecular weight is 460 g/mol. The Morgan fingerprint density at radius 1 is 0.967 bits per heavy atom. The molecule has 30 heavy (non-hydrogen) atoms. The summed E-state index contributed by atoms with van der Waals surface area (Å²) in [6, 6.07) is 9.14.